The largest absolute Gasteiger partial charge is 0.493 e. The second-order valence-corrected chi connectivity index (χ2v) is 7.17. The Morgan fingerprint density at radius 2 is 1.96 bits per heavy atom. The highest BCUT2D eigenvalue weighted by Gasteiger charge is 2.24. The van der Waals surface area contributed by atoms with Crippen LogP contribution in [0.15, 0.2) is 53.2 Å². The number of hydrogen-bond donors (Lipinski definition) is 0. The van der Waals surface area contributed by atoms with Gasteiger partial charge in [0, 0.05) is 9.13 Å². The van der Waals surface area contributed by atoms with Crippen molar-refractivity contribution in [1.82, 2.24) is 0 Å². The molecule has 0 fully saturated rings. The van der Waals surface area contributed by atoms with Crippen LogP contribution in [0.3, 0.4) is 0 Å². The van der Waals surface area contributed by atoms with E-state index in [0.29, 0.717) is 17.4 Å². The van der Waals surface area contributed by atoms with E-state index in [1.807, 2.05) is 50.2 Å². The molecule has 0 saturated carbocycles. The van der Waals surface area contributed by atoms with Crippen LogP contribution in [0.2, 0.25) is 0 Å². The van der Waals surface area contributed by atoms with Gasteiger partial charge in [-0.15, -0.1) is 0 Å². The standard InChI is InChI=1S/C20H18INO4/c1-12(2)25-17-8-7-13(10-18(17)24-3)9-16-20(23)26-19(22-16)14-5-4-6-15(21)11-14/h4-12H,1-3H3/b16-9-. The predicted molar refractivity (Wildman–Crippen MR) is 109 cm³/mol. The van der Waals surface area contributed by atoms with Crippen molar-refractivity contribution in [1.29, 1.82) is 0 Å². The lowest BCUT2D eigenvalue weighted by molar-refractivity contribution is -0.129. The van der Waals surface area contributed by atoms with Gasteiger partial charge >= 0.3 is 5.97 Å². The maximum Gasteiger partial charge on any atom is 0.363 e. The first kappa shape index (κ1) is 18.4. The van der Waals surface area contributed by atoms with Crippen molar-refractivity contribution in [3.8, 4) is 11.5 Å². The Balaban J connectivity index is 1.90. The zero-order valence-electron chi connectivity index (χ0n) is 14.7. The van der Waals surface area contributed by atoms with E-state index in [2.05, 4.69) is 27.6 Å². The van der Waals surface area contributed by atoms with E-state index in [1.165, 1.54) is 0 Å². The molecule has 5 nitrogen and oxygen atoms in total. The lowest BCUT2D eigenvalue weighted by Gasteiger charge is -2.13. The number of cyclic esters (lactones) is 1. The number of carbonyl (C=O) groups is 1. The molecule has 0 spiro atoms. The zero-order valence-corrected chi connectivity index (χ0v) is 16.8. The molecule has 1 aliphatic rings. The van der Waals surface area contributed by atoms with Gasteiger partial charge in [-0.05, 0) is 78.4 Å². The van der Waals surface area contributed by atoms with Gasteiger partial charge in [-0.2, -0.15) is 0 Å². The first-order valence-electron chi connectivity index (χ1n) is 8.09. The molecule has 0 aromatic heterocycles. The van der Waals surface area contributed by atoms with Crippen molar-refractivity contribution >= 4 is 40.5 Å². The molecule has 0 radical (unpaired) electrons. The molecule has 134 valence electrons. The Morgan fingerprint density at radius 3 is 2.65 bits per heavy atom. The predicted octanol–water partition coefficient (Wildman–Crippen LogP) is 4.43. The summed E-state index contributed by atoms with van der Waals surface area (Å²) in [6.07, 6.45) is 1.71. The lowest BCUT2D eigenvalue weighted by atomic mass is 10.1. The van der Waals surface area contributed by atoms with Crippen molar-refractivity contribution in [2.24, 2.45) is 4.99 Å². The number of halogens is 1. The second-order valence-electron chi connectivity index (χ2n) is 5.92. The number of methoxy groups -OCH3 is 1. The summed E-state index contributed by atoms with van der Waals surface area (Å²) in [7, 11) is 1.58. The molecule has 1 aliphatic heterocycles. The SMILES string of the molecule is COc1cc(/C=C2\N=C(c3cccc(I)c3)OC2=O)ccc1OC(C)C. The highest BCUT2D eigenvalue weighted by atomic mass is 127. The van der Waals surface area contributed by atoms with Gasteiger partial charge in [0.15, 0.2) is 17.2 Å². The summed E-state index contributed by atoms with van der Waals surface area (Å²) in [5, 5.41) is 0. The first-order valence-corrected chi connectivity index (χ1v) is 9.17. The molecular weight excluding hydrogens is 445 g/mol. The van der Waals surface area contributed by atoms with Crippen LogP contribution in [0, 0.1) is 3.57 Å². The summed E-state index contributed by atoms with van der Waals surface area (Å²) in [5.74, 6) is 1.09. The van der Waals surface area contributed by atoms with Gasteiger partial charge in [0.1, 0.15) is 0 Å². The molecule has 3 rings (SSSR count). The van der Waals surface area contributed by atoms with Gasteiger partial charge in [-0.25, -0.2) is 9.79 Å². The van der Waals surface area contributed by atoms with E-state index in [4.69, 9.17) is 14.2 Å². The van der Waals surface area contributed by atoms with Gasteiger partial charge in [0.25, 0.3) is 0 Å². The smallest absolute Gasteiger partial charge is 0.363 e. The number of carbonyl (C=O) groups excluding carboxylic acids is 1. The van der Waals surface area contributed by atoms with Crippen LogP contribution in [-0.2, 0) is 9.53 Å². The Labute approximate surface area is 165 Å². The van der Waals surface area contributed by atoms with E-state index in [1.54, 1.807) is 19.3 Å². The molecule has 26 heavy (non-hydrogen) atoms. The molecule has 2 aromatic carbocycles. The fraction of sp³-hybridized carbons (Fsp3) is 0.200. The molecule has 0 bridgehead atoms. The molecule has 0 saturated heterocycles. The molecular formula is C20H18INO4. The summed E-state index contributed by atoms with van der Waals surface area (Å²) in [6, 6.07) is 13.1. The van der Waals surface area contributed by atoms with Gasteiger partial charge in [0.05, 0.1) is 13.2 Å². The van der Waals surface area contributed by atoms with E-state index < -0.39 is 5.97 Å². The van der Waals surface area contributed by atoms with Crippen molar-refractivity contribution < 1.29 is 19.0 Å². The summed E-state index contributed by atoms with van der Waals surface area (Å²) in [6.45, 7) is 3.90. The molecule has 6 heteroatoms. The van der Waals surface area contributed by atoms with Crippen LogP contribution in [0.1, 0.15) is 25.0 Å². The Hall–Kier alpha value is -2.35. The maximum absolute atomic E-state index is 12.2. The number of nitrogens with zero attached hydrogens (tertiary/aromatic N) is 1. The monoisotopic (exact) mass is 463 g/mol. The van der Waals surface area contributed by atoms with E-state index >= 15 is 0 Å². The summed E-state index contributed by atoms with van der Waals surface area (Å²) in [5.41, 5.74) is 1.79. The molecule has 0 atom stereocenters. The van der Waals surface area contributed by atoms with Gasteiger partial charge in [0.2, 0.25) is 5.90 Å². The second kappa shape index (κ2) is 7.90. The zero-order chi connectivity index (χ0) is 18.7. The van der Waals surface area contributed by atoms with Crippen molar-refractivity contribution in [3.05, 3.63) is 62.9 Å². The number of hydrogen-bond acceptors (Lipinski definition) is 5. The number of aliphatic imine (C=N–C) groups is 1. The van der Waals surface area contributed by atoms with Crippen molar-refractivity contribution in [2.45, 2.75) is 20.0 Å². The maximum atomic E-state index is 12.2. The average molecular weight is 463 g/mol. The van der Waals surface area contributed by atoms with Crippen LogP contribution in [-0.4, -0.2) is 25.1 Å². The highest BCUT2D eigenvalue weighted by molar-refractivity contribution is 14.1. The number of esters is 1. The minimum atomic E-state index is -0.472. The van der Waals surface area contributed by atoms with Crippen LogP contribution < -0.4 is 9.47 Å². The molecule has 0 N–H and O–H groups in total. The minimum Gasteiger partial charge on any atom is -0.493 e. The van der Waals surface area contributed by atoms with E-state index in [9.17, 15) is 4.79 Å². The normalized spacial score (nSPS) is 15.2. The molecule has 0 unspecified atom stereocenters. The van der Waals surface area contributed by atoms with E-state index in [0.717, 1.165) is 14.7 Å². The Kier molecular flexibility index (Phi) is 5.61. The third-order valence-corrected chi connectivity index (χ3v) is 4.22. The fourth-order valence-corrected chi connectivity index (χ4v) is 2.98. The van der Waals surface area contributed by atoms with Crippen LogP contribution >= 0.6 is 22.6 Å². The van der Waals surface area contributed by atoms with Gasteiger partial charge in [-0.1, -0.05) is 12.1 Å². The van der Waals surface area contributed by atoms with Crippen LogP contribution in [0.25, 0.3) is 6.08 Å². The van der Waals surface area contributed by atoms with Crippen molar-refractivity contribution in [3.63, 3.8) is 0 Å². The minimum absolute atomic E-state index is 0.0405. The average Bonchev–Trinajstić information content (AvgIpc) is 2.96. The van der Waals surface area contributed by atoms with E-state index in [-0.39, 0.29) is 11.8 Å². The highest BCUT2D eigenvalue weighted by Crippen LogP contribution is 2.30. The number of ether oxygens (including phenoxy) is 3. The number of benzene rings is 2. The Morgan fingerprint density at radius 1 is 1.15 bits per heavy atom. The molecule has 2 aromatic rings. The summed E-state index contributed by atoms with van der Waals surface area (Å²) in [4.78, 5) is 16.5. The molecule has 0 aliphatic carbocycles. The summed E-state index contributed by atoms with van der Waals surface area (Å²) >= 11 is 2.20. The third kappa shape index (κ3) is 4.24. The first-order chi connectivity index (χ1) is 12.5. The Bertz CT molecular complexity index is 902. The number of rotatable bonds is 5. The molecule has 0 amide bonds. The van der Waals surface area contributed by atoms with Crippen LogP contribution in [0.4, 0.5) is 0 Å². The summed E-state index contributed by atoms with van der Waals surface area (Å²) < 4.78 is 17.4. The fourth-order valence-electron chi connectivity index (χ4n) is 2.44. The lowest BCUT2D eigenvalue weighted by Crippen LogP contribution is -2.06. The quantitative estimate of drug-likeness (QED) is 0.374. The topological polar surface area (TPSA) is 57.1 Å². The van der Waals surface area contributed by atoms with Crippen molar-refractivity contribution in [2.75, 3.05) is 7.11 Å². The molecule has 1 heterocycles. The third-order valence-electron chi connectivity index (χ3n) is 3.55. The van der Waals surface area contributed by atoms with Gasteiger partial charge in [-0.3, -0.25) is 0 Å². The van der Waals surface area contributed by atoms with Crippen LogP contribution in [0.5, 0.6) is 11.5 Å². The van der Waals surface area contributed by atoms with Gasteiger partial charge < -0.3 is 14.2 Å².